The van der Waals surface area contributed by atoms with Crippen molar-refractivity contribution in [1.82, 2.24) is 14.9 Å². The van der Waals surface area contributed by atoms with Gasteiger partial charge in [-0.1, -0.05) is 42.5 Å². The smallest absolute Gasteiger partial charge is 0.325 e. The summed E-state index contributed by atoms with van der Waals surface area (Å²) in [6.07, 6.45) is 1.31. The first-order valence-electron chi connectivity index (χ1n) is 8.03. The van der Waals surface area contributed by atoms with E-state index in [-0.39, 0.29) is 5.56 Å². The molecule has 1 aromatic heterocycles. The Hall–Kier alpha value is -3.48. The van der Waals surface area contributed by atoms with Crippen molar-refractivity contribution in [3.05, 3.63) is 76.8 Å². The molecular formula is C19H17N3O4. The molecule has 0 bridgehead atoms. The van der Waals surface area contributed by atoms with Gasteiger partial charge in [-0.05, 0) is 24.6 Å². The van der Waals surface area contributed by atoms with Crippen LogP contribution < -0.4 is 10.9 Å². The lowest BCUT2D eigenvalue weighted by atomic mass is 10.1. The third kappa shape index (κ3) is 3.32. The molecule has 1 amide bonds. The Morgan fingerprint density at radius 2 is 1.73 bits per heavy atom. The molecule has 26 heavy (non-hydrogen) atoms. The van der Waals surface area contributed by atoms with Crippen molar-refractivity contribution in [3.63, 3.8) is 0 Å². The molecule has 2 N–H and O–H groups in total. The van der Waals surface area contributed by atoms with Crippen LogP contribution in [0.4, 0.5) is 0 Å². The molecule has 0 spiro atoms. The molecule has 0 saturated heterocycles. The van der Waals surface area contributed by atoms with Gasteiger partial charge in [0.1, 0.15) is 12.1 Å². The number of aromatic nitrogens is 2. The number of fused-ring (bicyclic) bond motifs is 1. The zero-order chi connectivity index (χ0) is 18.7. The van der Waals surface area contributed by atoms with Crippen molar-refractivity contribution < 1.29 is 14.7 Å². The standard InChI is InChI=1S/C19H17N3O4/c1-12(19(25)26)21-17(23)16(13-7-3-2-4-8-13)22-11-20-15-10-6-5-9-14(15)18(22)24/h2-12,16H,1H3,(H,21,23)(H,25,26)/t12-,16-/m0/s1. The fraction of sp³-hybridized carbons (Fsp3) is 0.158. The predicted molar refractivity (Wildman–Crippen MR) is 95.8 cm³/mol. The van der Waals surface area contributed by atoms with Crippen LogP contribution in [-0.4, -0.2) is 32.6 Å². The highest BCUT2D eigenvalue weighted by molar-refractivity contribution is 5.88. The van der Waals surface area contributed by atoms with Crippen LogP contribution >= 0.6 is 0 Å². The van der Waals surface area contributed by atoms with E-state index in [4.69, 9.17) is 5.11 Å². The number of nitrogens with one attached hydrogen (secondary N) is 1. The highest BCUT2D eigenvalue weighted by Gasteiger charge is 2.27. The maximum Gasteiger partial charge on any atom is 0.325 e. The topological polar surface area (TPSA) is 101 Å². The minimum atomic E-state index is -1.16. The lowest BCUT2D eigenvalue weighted by Crippen LogP contribution is -2.44. The van der Waals surface area contributed by atoms with Gasteiger partial charge in [0.25, 0.3) is 5.56 Å². The predicted octanol–water partition coefficient (Wildman–Crippen LogP) is 1.58. The van der Waals surface area contributed by atoms with Gasteiger partial charge in [0.15, 0.2) is 0 Å². The molecule has 3 aromatic rings. The molecule has 0 radical (unpaired) electrons. The van der Waals surface area contributed by atoms with Gasteiger partial charge < -0.3 is 10.4 Å². The Labute approximate surface area is 148 Å². The number of carbonyl (C=O) groups excluding carboxylic acids is 1. The Kier molecular flexibility index (Phi) is 4.79. The molecule has 3 rings (SSSR count). The summed E-state index contributed by atoms with van der Waals surface area (Å²) in [5.74, 6) is -1.75. The van der Waals surface area contributed by atoms with Crippen molar-refractivity contribution in [2.45, 2.75) is 19.0 Å². The molecule has 1 heterocycles. The highest BCUT2D eigenvalue weighted by Crippen LogP contribution is 2.18. The summed E-state index contributed by atoms with van der Waals surface area (Å²) in [5, 5.41) is 11.9. The molecule has 0 fully saturated rings. The third-order valence-electron chi connectivity index (χ3n) is 4.06. The van der Waals surface area contributed by atoms with Crippen molar-refractivity contribution in [1.29, 1.82) is 0 Å². The van der Waals surface area contributed by atoms with Crippen LogP contribution in [0.25, 0.3) is 10.9 Å². The first-order valence-corrected chi connectivity index (χ1v) is 8.03. The number of aliphatic carboxylic acids is 1. The average molecular weight is 351 g/mol. The number of hydrogen-bond donors (Lipinski definition) is 2. The van der Waals surface area contributed by atoms with Crippen LogP contribution in [0.2, 0.25) is 0 Å². The van der Waals surface area contributed by atoms with Gasteiger partial charge >= 0.3 is 5.97 Å². The number of carbonyl (C=O) groups is 2. The maximum atomic E-state index is 12.9. The van der Waals surface area contributed by atoms with Gasteiger partial charge in [-0.15, -0.1) is 0 Å². The molecular weight excluding hydrogens is 334 g/mol. The van der Waals surface area contributed by atoms with Crippen molar-refractivity contribution in [3.8, 4) is 0 Å². The highest BCUT2D eigenvalue weighted by atomic mass is 16.4. The number of rotatable bonds is 5. The number of hydrogen-bond acceptors (Lipinski definition) is 4. The average Bonchev–Trinajstić information content (AvgIpc) is 2.65. The van der Waals surface area contributed by atoms with Crippen LogP contribution in [-0.2, 0) is 9.59 Å². The summed E-state index contributed by atoms with van der Waals surface area (Å²) in [4.78, 5) is 41.0. The molecule has 132 valence electrons. The molecule has 7 nitrogen and oxygen atoms in total. The van der Waals surface area contributed by atoms with Crippen molar-refractivity contribution >= 4 is 22.8 Å². The summed E-state index contributed by atoms with van der Waals surface area (Å²) >= 11 is 0. The summed E-state index contributed by atoms with van der Waals surface area (Å²) in [5.41, 5.74) is 0.712. The van der Waals surface area contributed by atoms with E-state index >= 15 is 0 Å². The van der Waals surface area contributed by atoms with Gasteiger partial charge in [0.05, 0.1) is 17.2 Å². The first kappa shape index (κ1) is 17.3. The second-order valence-corrected chi connectivity index (χ2v) is 5.86. The van der Waals surface area contributed by atoms with Gasteiger partial charge in [-0.3, -0.25) is 19.0 Å². The van der Waals surface area contributed by atoms with E-state index in [1.54, 1.807) is 54.6 Å². The van der Waals surface area contributed by atoms with Gasteiger partial charge in [0.2, 0.25) is 5.91 Å². The fourth-order valence-electron chi connectivity index (χ4n) is 2.69. The van der Waals surface area contributed by atoms with E-state index in [0.717, 1.165) is 0 Å². The minimum Gasteiger partial charge on any atom is -0.480 e. The van der Waals surface area contributed by atoms with E-state index in [0.29, 0.717) is 16.5 Å². The third-order valence-corrected chi connectivity index (χ3v) is 4.06. The molecule has 2 atom stereocenters. The van der Waals surface area contributed by atoms with E-state index in [9.17, 15) is 14.4 Å². The first-order chi connectivity index (χ1) is 12.5. The Morgan fingerprint density at radius 1 is 1.08 bits per heavy atom. The molecule has 0 saturated carbocycles. The molecule has 0 aliphatic carbocycles. The summed E-state index contributed by atoms with van der Waals surface area (Å²) in [7, 11) is 0. The van der Waals surface area contributed by atoms with Crippen molar-refractivity contribution in [2.75, 3.05) is 0 Å². The Morgan fingerprint density at radius 3 is 2.42 bits per heavy atom. The van der Waals surface area contributed by atoms with Gasteiger partial charge in [0, 0.05) is 0 Å². The lowest BCUT2D eigenvalue weighted by Gasteiger charge is -2.21. The van der Waals surface area contributed by atoms with Crippen molar-refractivity contribution in [2.24, 2.45) is 0 Å². The number of nitrogens with zero attached hydrogens (tertiary/aromatic N) is 2. The van der Waals surface area contributed by atoms with Crippen LogP contribution in [0, 0.1) is 0 Å². The number of carboxylic acid groups (broad SMARTS) is 1. The molecule has 0 aliphatic rings. The summed E-state index contributed by atoms with van der Waals surface area (Å²) in [6.45, 7) is 1.36. The monoisotopic (exact) mass is 351 g/mol. The van der Waals surface area contributed by atoms with E-state index in [1.807, 2.05) is 0 Å². The lowest BCUT2D eigenvalue weighted by molar-refractivity contribution is -0.141. The maximum absolute atomic E-state index is 12.9. The summed E-state index contributed by atoms with van der Waals surface area (Å²) in [6, 6.07) is 13.4. The zero-order valence-electron chi connectivity index (χ0n) is 14.0. The number of amides is 1. The Bertz CT molecular complexity index is 1010. The molecule has 0 aliphatic heterocycles. The summed E-state index contributed by atoms with van der Waals surface area (Å²) < 4.78 is 1.22. The number of carboxylic acids is 1. The number of para-hydroxylation sites is 1. The second-order valence-electron chi connectivity index (χ2n) is 5.86. The SMILES string of the molecule is C[C@H](NC(=O)[C@H](c1ccccc1)n1cnc2ccccc2c1=O)C(=O)O. The van der Waals surface area contributed by atoms with E-state index < -0.39 is 24.0 Å². The molecule has 7 heteroatoms. The van der Waals surface area contributed by atoms with Crippen LogP contribution in [0.15, 0.2) is 65.7 Å². The normalized spacial score (nSPS) is 13.1. The quantitative estimate of drug-likeness (QED) is 0.727. The zero-order valence-corrected chi connectivity index (χ0v) is 14.0. The Balaban J connectivity index is 2.13. The minimum absolute atomic E-state index is 0.373. The number of benzene rings is 2. The molecule has 0 unspecified atom stereocenters. The second kappa shape index (κ2) is 7.18. The largest absolute Gasteiger partial charge is 0.480 e. The van der Waals surface area contributed by atoms with E-state index in [1.165, 1.54) is 17.8 Å². The molecule has 2 aromatic carbocycles. The van der Waals surface area contributed by atoms with Crippen LogP contribution in [0.3, 0.4) is 0 Å². The van der Waals surface area contributed by atoms with Crippen LogP contribution in [0.5, 0.6) is 0 Å². The fourth-order valence-corrected chi connectivity index (χ4v) is 2.69. The van der Waals surface area contributed by atoms with E-state index in [2.05, 4.69) is 10.3 Å². The van der Waals surface area contributed by atoms with Gasteiger partial charge in [-0.2, -0.15) is 0 Å². The van der Waals surface area contributed by atoms with Gasteiger partial charge in [-0.25, -0.2) is 4.98 Å². The van der Waals surface area contributed by atoms with Crippen LogP contribution in [0.1, 0.15) is 18.5 Å².